The first-order chi connectivity index (χ1) is 10.1. The highest BCUT2D eigenvalue weighted by Gasteiger charge is 2.32. The summed E-state index contributed by atoms with van der Waals surface area (Å²) in [4.78, 5) is 25.3. The normalized spacial score (nSPS) is 17.3. The van der Waals surface area contributed by atoms with Gasteiger partial charge in [-0.1, -0.05) is 29.5 Å². The summed E-state index contributed by atoms with van der Waals surface area (Å²) in [7, 11) is 0. The van der Waals surface area contributed by atoms with Gasteiger partial charge in [0.05, 0.1) is 12.1 Å². The van der Waals surface area contributed by atoms with E-state index in [1.807, 2.05) is 24.3 Å². The summed E-state index contributed by atoms with van der Waals surface area (Å²) < 4.78 is 1.43. The number of amides is 1. The molecule has 0 saturated heterocycles. The Morgan fingerprint density at radius 2 is 2.14 bits per heavy atom. The molecule has 2 aromatic rings. The third kappa shape index (κ3) is 2.62. The van der Waals surface area contributed by atoms with E-state index in [9.17, 15) is 14.7 Å². The highest BCUT2D eigenvalue weighted by Crippen LogP contribution is 2.28. The maximum Gasteiger partial charge on any atom is 0.312 e. The second kappa shape index (κ2) is 5.35. The van der Waals surface area contributed by atoms with Gasteiger partial charge in [0.1, 0.15) is 6.54 Å². The molecule has 0 fully saturated rings. The standard InChI is InChI=1S/C14H14N4O3/c19-13(9-18-6-5-15-16-18)17-7-10-3-1-2-4-11(10)12(8-17)14(20)21/h1-6,12H,7-9H2,(H,20,21). The van der Waals surface area contributed by atoms with Crippen LogP contribution in [-0.2, 0) is 22.7 Å². The largest absolute Gasteiger partial charge is 0.481 e. The Balaban J connectivity index is 1.82. The van der Waals surface area contributed by atoms with Crippen molar-refractivity contribution in [2.75, 3.05) is 6.54 Å². The number of benzene rings is 1. The summed E-state index contributed by atoms with van der Waals surface area (Å²) in [6.07, 6.45) is 3.10. The van der Waals surface area contributed by atoms with E-state index in [0.717, 1.165) is 11.1 Å². The quantitative estimate of drug-likeness (QED) is 0.887. The van der Waals surface area contributed by atoms with Gasteiger partial charge in [0.2, 0.25) is 5.91 Å². The van der Waals surface area contributed by atoms with E-state index in [2.05, 4.69) is 10.3 Å². The Kier molecular flexibility index (Phi) is 3.39. The zero-order valence-corrected chi connectivity index (χ0v) is 11.2. The smallest absolute Gasteiger partial charge is 0.312 e. The van der Waals surface area contributed by atoms with Crippen LogP contribution in [0.1, 0.15) is 17.0 Å². The molecule has 2 heterocycles. The third-order valence-electron chi connectivity index (χ3n) is 3.61. The Hall–Kier alpha value is -2.70. The van der Waals surface area contributed by atoms with Gasteiger partial charge in [0, 0.05) is 19.3 Å². The lowest BCUT2D eigenvalue weighted by Crippen LogP contribution is -2.42. The number of hydrogen-bond donors (Lipinski definition) is 1. The van der Waals surface area contributed by atoms with Crippen molar-refractivity contribution in [1.82, 2.24) is 19.9 Å². The van der Waals surface area contributed by atoms with Crippen molar-refractivity contribution in [3.63, 3.8) is 0 Å². The lowest BCUT2D eigenvalue weighted by atomic mass is 9.90. The second-order valence-electron chi connectivity index (χ2n) is 4.96. The van der Waals surface area contributed by atoms with E-state index >= 15 is 0 Å². The summed E-state index contributed by atoms with van der Waals surface area (Å²) in [6.45, 7) is 0.669. The molecule has 0 saturated carbocycles. The van der Waals surface area contributed by atoms with Gasteiger partial charge in [-0.2, -0.15) is 0 Å². The van der Waals surface area contributed by atoms with Gasteiger partial charge in [-0.15, -0.1) is 5.10 Å². The van der Waals surface area contributed by atoms with Crippen LogP contribution in [0.4, 0.5) is 0 Å². The molecule has 1 atom stereocenters. The lowest BCUT2D eigenvalue weighted by Gasteiger charge is -2.32. The Morgan fingerprint density at radius 1 is 1.33 bits per heavy atom. The fraction of sp³-hybridized carbons (Fsp3) is 0.286. The molecule has 0 bridgehead atoms. The van der Waals surface area contributed by atoms with E-state index in [-0.39, 0.29) is 19.0 Å². The monoisotopic (exact) mass is 286 g/mol. The number of aliphatic carboxylic acids is 1. The fourth-order valence-corrected chi connectivity index (χ4v) is 2.56. The molecule has 3 rings (SSSR count). The molecule has 1 aliphatic heterocycles. The van der Waals surface area contributed by atoms with Crippen molar-refractivity contribution in [2.24, 2.45) is 0 Å². The fourth-order valence-electron chi connectivity index (χ4n) is 2.56. The summed E-state index contributed by atoms with van der Waals surface area (Å²) in [6, 6.07) is 7.35. The highest BCUT2D eigenvalue weighted by atomic mass is 16.4. The van der Waals surface area contributed by atoms with Gasteiger partial charge >= 0.3 is 5.97 Å². The van der Waals surface area contributed by atoms with Crippen LogP contribution >= 0.6 is 0 Å². The minimum absolute atomic E-state index is 0.0640. The minimum Gasteiger partial charge on any atom is -0.481 e. The molecule has 0 spiro atoms. The minimum atomic E-state index is -0.916. The van der Waals surface area contributed by atoms with Crippen molar-refractivity contribution >= 4 is 11.9 Å². The van der Waals surface area contributed by atoms with Crippen LogP contribution < -0.4 is 0 Å². The number of carbonyl (C=O) groups excluding carboxylic acids is 1. The summed E-state index contributed by atoms with van der Waals surface area (Å²) in [5, 5.41) is 16.8. The number of carboxylic acid groups (broad SMARTS) is 1. The summed E-state index contributed by atoms with van der Waals surface area (Å²) >= 11 is 0. The maximum atomic E-state index is 12.3. The first kappa shape index (κ1) is 13.3. The van der Waals surface area contributed by atoms with Crippen molar-refractivity contribution in [1.29, 1.82) is 0 Å². The molecule has 1 unspecified atom stereocenters. The molecule has 0 radical (unpaired) electrons. The van der Waals surface area contributed by atoms with Crippen LogP contribution in [0.15, 0.2) is 36.7 Å². The molecule has 7 nitrogen and oxygen atoms in total. The summed E-state index contributed by atoms with van der Waals surface area (Å²) in [5.41, 5.74) is 1.66. The molecule has 1 aromatic carbocycles. The van der Waals surface area contributed by atoms with Crippen LogP contribution in [0.3, 0.4) is 0 Å². The van der Waals surface area contributed by atoms with Crippen LogP contribution in [0.5, 0.6) is 0 Å². The molecular formula is C14H14N4O3. The zero-order valence-electron chi connectivity index (χ0n) is 11.2. The topological polar surface area (TPSA) is 88.3 Å². The van der Waals surface area contributed by atoms with Gasteiger partial charge in [-0.25, -0.2) is 4.68 Å². The Bertz CT molecular complexity index is 669. The zero-order chi connectivity index (χ0) is 14.8. The molecular weight excluding hydrogens is 272 g/mol. The number of carboxylic acids is 1. The predicted molar refractivity (Wildman–Crippen MR) is 72.3 cm³/mol. The van der Waals surface area contributed by atoms with Gasteiger partial charge in [-0.3, -0.25) is 9.59 Å². The van der Waals surface area contributed by atoms with Crippen LogP contribution in [0.25, 0.3) is 0 Å². The number of aromatic nitrogens is 3. The van der Waals surface area contributed by atoms with Crippen LogP contribution in [0.2, 0.25) is 0 Å². The number of fused-ring (bicyclic) bond motifs is 1. The van der Waals surface area contributed by atoms with Crippen LogP contribution in [-0.4, -0.2) is 43.4 Å². The summed E-state index contributed by atoms with van der Waals surface area (Å²) in [5.74, 6) is -1.77. The van der Waals surface area contributed by atoms with Gasteiger partial charge < -0.3 is 10.0 Å². The highest BCUT2D eigenvalue weighted by molar-refractivity contribution is 5.81. The van der Waals surface area contributed by atoms with Gasteiger partial charge in [0.15, 0.2) is 0 Å². The number of hydrogen-bond acceptors (Lipinski definition) is 4. The van der Waals surface area contributed by atoms with E-state index < -0.39 is 11.9 Å². The van der Waals surface area contributed by atoms with Gasteiger partial charge in [0.25, 0.3) is 0 Å². The average Bonchev–Trinajstić information content (AvgIpc) is 2.98. The number of nitrogens with zero attached hydrogens (tertiary/aromatic N) is 4. The molecule has 1 aliphatic rings. The van der Waals surface area contributed by atoms with Crippen molar-refractivity contribution in [3.05, 3.63) is 47.8 Å². The first-order valence-corrected chi connectivity index (χ1v) is 6.57. The molecule has 7 heteroatoms. The Morgan fingerprint density at radius 3 is 2.86 bits per heavy atom. The Labute approximate surface area is 120 Å². The second-order valence-corrected chi connectivity index (χ2v) is 4.96. The third-order valence-corrected chi connectivity index (χ3v) is 3.61. The molecule has 0 aliphatic carbocycles. The molecule has 1 N–H and O–H groups in total. The molecule has 1 amide bonds. The van der Waals surface area contributed by atoms with Crippen molar-refractivity contribution in [3.8, 4) is 0 Å². The SMILES string of the molecule is O=C(O)C1CN(C(=O)Cn2ccnn2)Cc2ccccc21. The lowest BCUT2D eigenvalue weighted by molar-refractivity contribution is -0.141. The molecule has 21 heavy (non-hydrogen) atoms. The maximum absolute atomic E-state index is 12.3. The number of carbonyl (C=O) groups is 2. The predicted octanol–water partition coefficient (Wildman–Crippen LogP) is 0.489. The van der Waals surface area contributed by atoms with E-state index in [4.69, 9.17) is 0 Å². The average molecular weight is 286 g/mol. The van der Waals surface area contributed by atoms with E-state index in [1.54, 1.807) is 11.1 Å². The first-order valence-electron chi connectivity index (χ1n) is 6.57. The van der Waals surface area contributed by atoms with Crippen molar-refractivity contribution < 1.29 is 14.7 Å². The molecule has 108 valence electrons. The van der Waals surface area contributed by atoms with E-state index in [1.165, 1.54) is 10.9 Å². The molecule has 1 aromatic heterocycles. The van der Waals surface area contributed by atoms with Crippen LogP contribution in [0, 0.1) is 0 Å². The van der Waals surface area contributed by atoms with E-state index in [0.29, 0.717) is 6.54 Å². The van der Waals surface area contributed by atoms with Crippen molar-refractivity contribution in [2.45, 2.75) is 19.0 Å². The number of rotatable bonds is 3. The van der Waals surface area contributed by atoms with Gasteiger partial charge in [-0.05, 0) is 11.1 Å².